The van der Waals surface area contributed by atoms with Gasteiger partial charge in [0.2, 0.25) is 0 Å². The highest BCUT2D eigenvalue weighted by atomic mass is 32.1. The lowest BCUT2D eigenvalue weighted by molar-refractivity contribution is -0.152. The Morgan fingerprint density at radius 1 is 1.31 bits per heavy atom. The molecular weight excluding hydrogens is 464 g/mol. The number of carboxylic acid groups (broad SMARTS) is 1. The summed E-state index contributed by atoms with van der Waals surface area (Å²) in [5, 5.41) is 13.1. The lowest BCUT2D eigenvalue weighted by Crippen LogP contribution is -2.57. The van der Waals surface area contributed by atoms with Crippen molar-refractivity contribution in [3.63, 3.8) is 0 Å². The fourth-order valence-electron chi connectivity index (χ4n) is 6.14. The van der Waals surface area contributed by atoms with Crippen LogP contribution in [-0.4, -0.2) is 45.3 Å². The zero-order valence-corrected chi connectivity index (χ0v) is 22.0. The number of nitrogens with zero attached hydrogens (tertiary/aromatic N) is 2. The van der Waals surface area contributed by atoms with Gasteiger partial charge < -0.3 is 14.7 Å². The minimum atomic E-state index is -1.49. The van der Waals surface area contributed by atoms with Crippen LogP contribution in [0, 0.1) is 17.8 Å². The highest BCUT2D eigenvalue weighted by Crippen LogP contribution is 2.59. The van der Waals surface area contributed by atoms with Crippen LogP contribution in [0.15, 0.2) is 29.8 Å². The summed E-state index contributed by atoms with van der Waals surface area (Å²) in [5.74, 6) is -1.89. The summed E-state index contributed by atoms with van der Waals surface area (Å²) in [6.45, 7) is 10.1. The molecule has 1 saturated heterocycles. The van der Waals surface area contributed by atoms with Crippen LogP contribution in [0.25, 0.3) is 0 Å². The number of thiazole rings is 1. The number of hydrogen-bond acceptors (Lipinski definition) is 6. The molecule has 1 saturated carbocycles. The van der Waals surface area contributed by atoms with E-state index in [1.165, 1.54) is 16.2 Å². The third kappa shape index (κ3) is 4.05. The van der Waals surface area contributed by atoms with Gasteiger partial charge in [0, 0.05) is 29.5 Å². The minimum Gasteiger partial charge on any atom is -0.496 e. The minimum absolute atomic E-state index is 0.00518. The SMILES string of the molecule is COc1cc(C(=O)N2[C@@H](c3nccs3)[C@H]3C(=O)CC[C@H]3[C@@]2(CC(C)C)C(=O)O)ccc1C(C)(C)C. The highest BCUT2D eigenvalue weighted by Gasteiger charge is 2.68. The molecule has 2 heterocycles. The fraction of sp³-hybridized carbons (Fsp3) is 0.556. The van der Waals surface area contributed by atoms with Crippen LogP contribution in [0.2, 0.25) is 0 Å². The molecule has 2 aliphatic rings. The summed E-state index contributed by atoms with van der Waals surface area (Å²) in [6, 6.07) is 4.60. The number of fused-ring (bicyclic) bond motifs is 1. The van der Waals surface area contributed by atoms with Crippen LogP contribution in [0.4, 0.5) is 0 Å². The topological polar surface area (TPSA) is 96.8 Å². The second-order valence-electron chi connectivity index (χ2n) is 11.1. The van der Waals surface area contributed by atoms with Crippen molar-refractivity contribution in [3.05, 3.63) is 45.9 Å². The Balaban J connectivity index is 1.93. The van der Waals surface area contributed by atoms with Gasteiger partial charge in [-0.2, -0.15) is 0 Å². The molecular formula is C27H34N2O5S. The summed E-state index contributed by atoms with van der Waals surface area (Å²) in [4.78, 5) is 46.5. The molecule has 1 aromatic heterocycles. The van der Waals surface area contributed by atoms with E-state index in [2.05, 4.69) is 25.8 Å². The van der Waals surface area contributed by atoms with Crippen LogP contribution < -0.4 is 4.74 Å². The lowest BCUT2D eigenvalue weighted by Gasteiger charge is -2.41. The van der Waals surface area contributed by atoms with Gasteiger partial charge in [-0.05, 0) is 41.9 Å². The highest BCUT2D eigenvalue weighted by molar-refractivity contribution is 7.09. The molecule has 1 aliphatic heterocycles. The maximum Gasteiger partial charge on any atom is 0.329 e. The molecule has 8 heteroatoms. The van der Waals surface area contributed by atoms with Crippen LogP contribution in [0.3, 0.4) is 0 Å². The number of benzene rings is 1. The predicted octanol–water partition coefficient (Wildman–Crippen LogP) is 5.11. The van der Waals surface area contributed by atoms with Gasteiger partial charge in [-0.1, -0.05) is 40.7 Å². The lowest BCUT2D eigenvalue weighted by atomic mass is 9.75. The standard InChI is InChI=1S/C27H34N2O5S/c1-15(2)14-27(25(32)33)18-9-10-19(30)21(18)22(23-28-11-12-35-23)29(27)24(31)16-7-8-17(26(3,4)5)20(13-16)34-6/h7-8,11-13,15,18,21-22H,9-10,14H2,1-6H3,(H,32,33)/t18-,21-,22-,27+/m1/s1. The van der Waals surface area contributed by atoms with E-state index in [0.717, 1.165) is 5.56 Å². The number of rotatable bonds is 6. The van der Waals surface area contributed by atoms with Crippen LogP contribution in [0.1, 0.15) is 80.9 Å². The van der Waals surface area contributed by atoms with E-state index < -0.39 is 35.3 Å². The second-order valence-corrected chi connectivity index (χ2v) is 12.0. The molecule has 1 aromatic carbocycles. The van der Waals surface area contributed by atoms with Crippen LogP contribution >= 0.6 is 11.3 Å². The van der Waals surface area contributed by atoms with Crippen molar-refractivity contribution >= 4 is 29.0 Å². The molecule has 2 fully saturated rings. The molecule has 0 unspecified atom stereocenters. The zero-order chi connectivity index (χ0) is 25.7. The van der Waals surface area contributed by atoms with Crippen molar-refractivity contribution in [2.75, 3.05) is 7.11 Å². The number of ketones is 1. The molecule has 2 aromatic rings. The molecule has 0 spiro atoms. The molecule has 4 rings (SSSR count). The molecule has 1 aliphatic carbocycles. The largest absolute Gasteiger partial charge is 0.496 e. The average molecular weight is 499 g/mol. The first kappa shape index (κ1) is 25.4. The number of aliphatic carboxylic acids is 1. The fourth-order valence-corrected chi connectivity index (χ4v) is 6.92. The van der Waals surface area contributed by atoms with E-state index in [9.17, 15) is 19.5 Å². The molecule has 35 heavy (non-hydrogen) atoms. The summed E-state index contributed by atoms with van der Waals surface area (Å²) in [5.41, 5.74) is -0.393. The maximum absolute atomic E-state index is 14.3. The van der Waals surface area contributed by atoms with Crippen molar-refractivity contribution in [1.29, 1.82) is 0 Å². The van der Waals surface area contributed by atoms with E-state index >= 15 is 0 Å². The summed E-state index contributed by atoms with van der Waals surface area (Å²) in [6.07, 6.45) is 2.70. The normalized spacial score (nSPS) is 26.3. The van der Waals surface area contributed by atoms with E-state index in [1.807, 2.05) is 19.9 Å². The first-order valence-corrected chi connectivity index (χ1v) is 13.0. The maximum atomic E-state index is 14.3. The van der Waals surface area contributed by atoms with Gasteiger partial charge >= 0.3 is 5.97 Å². The zero-order valence-electron chi connectivity index (χ0n) is 21.2. The molecule has 7 nitrogen and oxygen atoms in total. The number of methoxy groups -OCH3 is 1. The van der Waals surface area contributed by atoms with Gasteiger partial charge in [0.05, 0.1) is 19.1 Å². The average Bonchev–Trinajstić information content (AvgIpc) is 3.49. The Labute approximate surface area is 210 Å². The number of ether oxygens (including phenoxy) is 1. The van der Waals surface area contributed by atoms with Crippen molar-refractivity contribution in [1.82, 2.24) is 9.88 Å². The van der Waals surface area contributed by atoms with Gasteiger partial charge in [0.15, 0.2) is 0 Å². The molecule has 0 radical (unpaired) electrons. The molecule has 4 atom stereocenters. The number of likely N-dealkylation sites (tertiary alicyclic amines) is 1. The number of Topliss-reactive ketones (excluding diaryl/α,β-unsaturated/α-hetero) is 1. The van der Waals surface area contributed by atoms with Crippen molar-refractivity contribution in [2.45, 2.75) is 70.9 Å². The number of carbonyl (C=O) groups is 3. The Morgan fingerprint density at radius 2 is 2.03 bits per heavy atom. The van der Waals surface area contributed by atoms with Crippen molar-refractivity contribution < 1.29 is 24.2 Å². The molecule has 1 amide bonds. The monoisotopic (exact) mass is 498 g/mol. The van der Waals surface area contributed by atoms with E-state index in [1.54, 1.807) is 30.8 Å². The van der Waals surface area contributed by atoms with Crippen molar-refractivity contribution in [2.24, 2.45) is 17.8 Å². The Kier molecular flexibility index (Phi) is 6.55. The van der Waals surface area contributed by atoms with Crippen LogP contribution in [-0.2, 0) is 15.0 Å². The van der Waals surface area contributed by atoms with Gasteiger partial charge in [0.1, 0.15) is 22.1 Å². The smallest absolute Gasteiger partial charge is 0.329 e. The molecule has 1 N–H and O–H groups in total. The number of carboxylic acids is 1. The van der Waals surface area contributed by atoms with Gasteiger partial charge in [-0.15, -0.1) is 11.3 Å². The number of aromatic nitrogens is 1. The molecule has 188 valence electrons. The Hall–Kier alpha value is -2.74. The summed E-state index contributed by atoms with van der Waals surface area (Å²) in [7, 11) is 1.57. The second kappa shape index (κ2) is 9.04. The van der Waals surface area contributed by atoms with Gasteiger partial charge in [0.25, 0.3) is 5.91 Å². The van der Waals surface area contributed by atoms with Gasteiger partial charge in [-0.25, -0.2) is 9.78 Å². The Bertz CT molecular complexity index is 1140. The number of amides is 1. The first-order valence-electron chi connectivity index (χ1n) is 12.1. The van der Waals surface area contributed by atoms with E-state index in [-0.39, 0.29) is 23.5 Å². The first-order chi connectivity index (χ1) is 16.4. The predicted molar refractivity (Wildman–Crippen MR) is 134 cm³/mol. The Morgan fingerprint density at radius 3 is 2.57 bits per heavy atom. The van der Waals surface area contributed by atoms with E-state index in [4.69, 9.17) is 4.74 Å². The number of carbonyl (C=O) groups excluding carboxylic acids is 2. The van der Waals surface area contributed by atoms with Gasteiger partial charge in [-0.3, -0.25) is 9.59 Å². The van der Waals surface area contributed by atoms with Crippen molar-refractivity contribution in [3.8, 4) is 5.75 Å². The summed E-state index contributed by atoms with van der Waals surface area (Å²) >= 11 is 1.36. The third-order valence-corrected chi connectivity index (χ3v) is 8.28. The molecule has 0 bridgehead atoms. The third-order valence-electron chi connectivity index (χ3n) is 7.44. The quantitative estimate of drug-likeness (QED) is 0.594. The summed E-state index contributed by atoms with van der Waals surface area (Å²) < 4.78 is 5.63. The number of hydrogen-bond donors (Lipinski definition) is 1. The van der Waals surface area contributed by atoms with Crippen LogP contribution in [0.5, 0.6) is 5.75 Å². The van der Waals surface area contributed by atoms with E-state index in [0.29, 0.717) is 29.2 Å².